The van der Waals surface area contributed by atoms with Crippen LogP contribution in [-0.2, 0) is 0 Å². The zero-order valence-electron chi connectivity index (χ0n) is 13.2. The molecule has 132 valence electrons. The number of benzene rings is 2. The summed E-state index contributed by atoms with van der Waals surface area (Å²) in [5.41, 5.74) is -1.21. The largest absolute Gasteiger partial charge is 0.457 e. The number of nitro benzene ring substituents is 1. The molecule has 0 spiro atoms. The van der Waals surface area contributed by atoms with Gasteiger partial charge in [-0.2, -0.15) is 15.8 Å². The van der Waals surface area contributed by atoms with E-state index in [2.05, 4.69) is 5.32 Å². The van der Waals surface area contributed by atoms with Gasteiger partial charge in [0, 0.05) is 23.9 Å². The maximum Gasteiger partial charge on any atom is 0.275 e. The molecule has 0 saturated heterocycles. The lowest BCUT2D eigenvalue weighted by Gasteiger charge is -2.10. The average Bonchev–Trinajstić information content (AvgIpc) is 2.64. The summed E-state index contributed by atoms with van der Waals surface area (Å²) in [6.45, 7) is 0. The van der Waals surface area contributed by atoms with Crippen molar-refractivity contribution in [2.45, 2.75) is 0 Å². The van der Waals surface area contributed by atoms with E-state index in [1.165, 1.54) is 18.2 Å². The van der Waals surface area contributed by atoms with Crippen molar-refractivity contribution in [2.24, 2.45) is 0 Å². The van der Waals surface area contributed by atoms with Gasteiger partial charge < -0.3 is 10.1 Å². The third-order valence-corrected chi connectivity index (χ3v) is 3.37. The van der Waals surface area contributed by atoms with Crippen LogP contribution in [0, 0.1) is 49.9 Å². The molecular weight excluding hydrogens is 377 g/mol. The second kappa shape index (κ2) is 8.30. The highest BCUT2D eigenvalue weighted by Crippen LogP contribution is 2.32. The minimum Gasteiger partial charge on any atom is -0.457 e. The maximum atomic E-state index is 13.2. The van der Waals surface area contributed by atoms with Crippen molar-refractivity contribution >= 4 is 23.0 Å². The molecule has 0 aromatic heterocycles. The van der Waals surface area contributed by atoms with Crippen LogP contribution in [-0.4, -0.2) is 4.92 Å². The minimum atomic E-state index is -0.694. The molecule has 0 saturated carbocycles. The Morgan fingerprint density at radius 1 is 1.11 bits per heavy atom. The summed E-state index contributed by atoms with van der Waals surface area (Å²) >= 11 is 5.67. The SMILES string of the molecule is N#CC(C#N)=C(C#N)Nc1cc(Oc2ccc(F)c(Cl)c2)cc([N+](=O)[O-])c1. The molecule has 10 heteroatoms. The van der Waals surface area contributed by atoms with Crippen LogP contribution in [0.1, 0.15) is 0 Å². The lowest BCUT2D eigenvalue weighted by molar-refractivity contribution is -0.384. The van der Waals surface area contributed by atoms with E-state index in [4.69, 9.17) is 32.1 Å². The summed E-state index contributed by atoms with van der Waals surface area (Å²) in [6.07, 6.45) is 0. The third-order valence-electron chi connectivity index (χ3n) is 3.08. The lowest BCUT2D eigenvalue weighted by Crippen LogP contribution is -2.02. The van der Waals surface area contributed by atoms with Gasteiger partial charge in [-0.15, -0.1) is 0 Å². The van der Waals surface area contributed by atoms with Gasteiger partial charge >= 0.3 is 0 Å². The monoisotopic (exact) mass is 383 g/mol. The van der Waals surface area contributed by atoms with E-state index in [1.807, 2.05) is 0 Å². The first kappa shape index (κ1) is 19.2. The van der Waals surface area contributed by atoms with Crippen molar-refractivity contribution in [2.75, 3.05) is 5.32 Å². The first-order chi connectivity index (χ1) is 12.9. The van der Waals surface area contributed by atoms with Crippen LogP contribution in [0.3, 0.4) is 0 Å². The first-order valence-electron chi connectivity index (χ1n) is 7.02. The van der Waals surface area contributed by atoms with E-state index >= 15 is 0 Å². The summed E-state index contributed by atoms with van der Waals surface area (Å²) in [4.78, 5) is 10.4. The highest BCUT2D eigenvalue weighted by molar-refractivity contribution is 6.30. The van der Waals surface area contributed by atoms with Gasteiger partial charge in [-0.1, -0.05) is 11.6 Å². The van der Waals surface area contributed by atoms with Crippen molar-refractivity contribution in [1.82, 2.24) is 0 Å². The number of nitrogens with one attached hydrogen (secondary N) is 1. The molecule has 2 rings (SSSR count). The molecule has 0 aliphatic carbocycles. The maximum absolute atomic E-state index is 13.2. The fraction of sp³-hybridized carbons (Fsp3) is 0. The molecule has 0 bridgehead atoms. The van der Waals surface area contributed by atoms with Crippen molar-refractivity contribution in [3.05, 3.63) is 68.6 Å². The fourth-order valence-electron chi connectivity index (χ4n) is 1.92. The van der Waals surface area contributed by atoms with Crippen LogP contribution in [0.5, 0.6) is 11.5 Å². The number of hydrogen-bond donors (Lipinski definition) is 1. The van der Waals surface area contributed by atoms with Gasteiger partial charge in [0.2, 0.25) is 0 Å². The molecule has 0 aliphatic heterocycles. The summed E-state index contributed by atoms with van der Waals surface area (Å²) in [5.74, 6) is -0.546. The topological polar surface area (TPSA) is 136 Å². The number of nitro groups is 1. The van der Waals surface area contributed by atoms with E-state index in [-0.39, 0.29) is 33.6 Å². The Bertz CT molecular complexity index is 1060. The highest BCUT2D eigenvalue weighted by atomic mass is 35.5. The number of non-ortho nitro benzene ring substituents is 1. The number of allylic oxidation sites excluding steroid dienone is 2. The molecule has 0 amide bonds. The van der Waals surface area contributed by atoms with E-state index in [0.717, 1.165) is 18.2 Å². The lowest BCUT2D eigenvalue weighted by atomic mass is 10.2. The number of halogens is 2. The average molecular weight is 384 g/mol. The highest BCUT2D eigenvalue weighted by Gasteiger charge is 2.14. The Balaban J connectivity index is 2.45. The minimum absolute atomic E-state index is 0.0119. The van der Waals surface area contributed by atoms with Gasteiger partial charge in [-0.05, 0) is 12.1 Å². The summed E-state index contributed by atoms with van der Waals surface area (Å²) in [5, 5.41) is 40.2. The number of hydrogen-bond acceptors (Lipinski definition) is 7. The third kappa shape index (κ3) is 4.70. The molecule has 27 heavy (non-hydrogen) atoms. The number of nitriles is 3. The normalized spacial score (nSPS) is 9.30. The molecule has 0 unspecified atom stereocenters. The van der Waals surface area contributed by atoms with Crippen molar-refractivity contribution in [1.29, 1.82) is 15.8 Å². The van der Waals surface area contributed by atoms with Gasteiger partial charge in [0.1, 0.15) is 41.2 Å². The second-order valence-electron chi connectivity index (χ2n) is 4.86. The molecule has 0 radical (unpaired) electrons. The van der Waals surface area contributed by atoms with Gasteiger partial charge in [0.25, 0.3) is 5.69 Å². The van der Waals surface area contributed by atoms with Crippen molar-refractivity contribution in [3.8, 4) is 29.7 Å². The predicted molar refractivity (Wildman–Crippen MR) is 92.1 cm³/mol. The quantitative estimate of drug-likeness (QED) is 0.458. The summed E-state index contributed by atoms with van der Waals surface area (Å²) < 4.78 is 18.7. The van der Waals surface area contributed by atoms with Gasteiger partial charge in [-0.25, -0.2) is 4.39 Å². The fourth-order valence-corrected chi connectivity index (χ4v) is 2.09. The van der Waals surface area contributed by atoms with Crippen LogP contribution in [0.4, 0.5) is 15.8 Å². The van der Waals surface area contributed by atoms with Crippen LogP contribution in [0.2, 0.25) is 5.02 Å². The van der Waals surface area contributed by atoms with Crippen LogP contribution >= 0.6 is 11.6 Å². The Morgan fingerprint density at radius 2 is 1.81 bits per heavy atom. The standard InChI is InChI=1S/C17H7ClFN5O3/c18-15-6-13(1-2-16(15)19)27-14-4-11(3-12(5-14)24(25)26)23-17(9-22)10(7-20)8-21/h1-6,23H. The predicted octanol–water partition coefficient (Wildman–Crippen LogP) is 4.42. The van der Waals surface area contributed by atoms with Gasteiger partial charge in [0.05, 0.1) is 16.0 Å². The number of ether oxygens (including phenoxy) is 1. The molecule has 8 nitrogen and oxygen atoms in total. The number of nitrogens with zero attached hydrogens (tertiary/aromatic N) is 4. The molecule has 0 fully saturated rings. The number of rotatable bonds is 5. The van der Waals surface area contributed by atoms with Crippen LogP contribution < -0.4 is 10.1 Å². The van der Waals surface area contributed by atoms with E-state index in [0.29, 0.717) is 0 Å². The van der Waals surface area contributed by atoms with Crippen molar-refractivity contribution < 1.29 is 14.1 Å². The van der Waals surface area contributed by atoms with E-state index < -0.39 is 16.3 Å². The van der Waals surface area contributed by atoms with Crippen LogP contribution in [0.15, 0.2) is 47.7 Å². The zero-order chi connectivity index (χ0) is 20.0. The Labute approximate surface area is 157 Å². The van der Waals surface area contributed by atoms with Gasteiger partial charge in [0.15, 0.2) is 5.57 Å². The molecule has 0 atom stereocenters. The summed E-state index contributed by atoms with van der Waals surface area (Å²) in [7, 11) is 0. The molecule has 2 aromatic carbocycles. The second-order valence-corrected chi connectivity index (χ2v) is 5.27. The summed E-state index contributed by atoms with van der Waals surface area (Å²) in [6, 6.07) is 11.8. The van der Waals surface area contributed by atoms with Crippen LogP contribution in [0.25, 0.3) is 0 Å². The van der Waals surface area contributed by atoms with E-state index in [1.54, 1.807) is 18.2 Å². The Hall–Kier alpha value is -4.13. The Kier molecular flexibility index (Phi) is 5.90. The molecule has 1 N–H and O–H groups in total. The molecule has 0 heterocycles. The Morgan fingerprint density at radius 3 is 2.37 bits per heavy atom. The van der Waals surface area contributed by atoms with E-state index in [9.17, 15) is 14.5 Å². The van der Waals surface area contributed by atoms with Gasteiger partial charge in [-0.3, -0.25) is 10.1 Å². The smallest absolute Gasteiger partial charge is 0.275 e. The molecule has 0 aliphatic rings. The molecular formula is C17H7ClFN5O3. The molecule has 2 aromatic rings. The first-order valence-corrected chi connectivity index (χ1v) is 7.39. The number of anilines is 1. The zero-order valence-corrected chi connectivity index (χ0v) is 14.0. The van der Waals surface area contributed by atoms with Crippen molar-refractivity contribution in [3.63, 3.8) is 0 Å².